The first-order valence-electron chi connectivity index (χ1n) is 6.41. The smallest absolute Gasteiger partial charge is 0.314 e. The minimum atomic E-state index is -4.26. The van der Waals surface area contributed by atoms with Gasteiger partial charge in [0.1, 0.15) is 0 Å². The van der Waals surface area contributed by atoms with Crippen LogP contribution in [0.2, 0.25) is 0 Å². The molecule has 5 heteroatoms. The van der Waals surface area contributed by atoms with E-state index in [1.807, 2.05) is 0 Å². The molecule has 0 saturated carbocycles. The molecule has 0 atom stereocenters. The molecule has 1 aliphatic heterocycles. The topological polar surface area (TPSA) is 15.3 Å². The van der Waals surface area contributed by atoms with Crippen LogP contribution in [0.15, 0.2) is 24.3 Å². The SMILES string of the molecule is CC1(C)CNCCN1Cc1ccc(C(F)(F)F)cc1. The molecule has 1 saturated heterocycles. The van der Waals surface area contributed by atoms with Crippen molar-refractivity contribution in [3.63, 3.8) is 0 Å². The minimum absolute atomic E-state index is 0.0287. The molecule has 1 N–H and O–H groups in total. The Labute approximate surface area is 111 Å². The Bertz CT molecular complexity index is 423. The van der Waals surface area contributed by atoms with E-state index in [2.05, 4.69) is 24.1 Å². The lowest BCUT2D eigenvalue weighted by Gasteiger charge is -2.42. The first kappa shape index (κ1) is 14.3. The summed E-state index contributed by atoms with van der Waals surface area (Å²) in [6.07, 6.45) is -4.26. The van der Waals surface area contributed by atoms with Crippen molar-refractivity contribution in [1.29, 1.82) is 0 Å². The summed E-state index contributed by atoms with van der Waals surface area (Å²) in [6, 6.07) is 5.46. The third-order valence-corrected chi connectivity index (χ3v) is 3.63. The fourth-order valence-corrected chi connectivity index (χ4v) is 2.34. The van der Waals surface area contributed by atoms with Crippen LogP contribution in [0.1, 0.15) is 25.0 Å². The first-order valence-corrected chi connectivity index (χ1v) is 6.41. The molecular formula is C14H19F3N2. The van der Waals surface area contributed by atoms with Crippen LogP contribution in [0.25, 0.3) is 0 Å². The van der Waals surface area contributed by atoms with Gasteiger partial charge in [0.15, 0.2) is 0 Å². The Morgan fingerprint density at radius 3 is 2.37 bits per heavy atom. The van der Waals surface area contributed by atoms with E-state index in [1.165, 1.54) is 0 Å². The number of halogens is 3. The zero-order chi connectivity index (χ0) is 14.1. The van der Waals surface area contributed by atoms with Gasteiger partial charge in [0.2, 0.25) is 0 Å². The lowest BCUT2D eigenvalue weighted by atomic mass is 9.99. The predicted molar refractivity (Wildman–Crippen MR) is 68.8 cm³/mol. The van der Waals surface area contributed by atoms with Gasteiger partial charge in [-0.1, -0.05) is 12.1 Å². The van der Waals surface area contributed by atoms with E-state index in [9.17, 15) is 13.2 Å². The maximum Gasteiger partial charge on any atom is 0.416 e. The number of piperazine rings is 1. The van der Waals surface area contributed by atoms with E-state index >= 15 is 0 Å². The molecule has 1 aliphatic rings. The van der Waals surface area contributed by atoms with Gasteiger partial charge < -0.3 is 5.32 Å². The van der Waals surface area contributed by atoms with Crippen molar-refractivity contribution in [3.05, 3.63) is 35.4 Å². The highest BCUT2D eigenvalue weighted by molar-refractivity contribution is 5.24. The van der Waals surface area contributed by atoms with Gasteiger partial charge in [-0.2, -0.15) is 13.2 Å². The van der Waals surface area contributed by atoms with Crippen molar-refractivity contribution in [2.75, 3.05) is 19.6 Å². The highest BCUT2D eigenvalue weighted by Gasteiger charge is 2.31. The van der Waals surface area contributed by atoms with Crippen LogP contribution < -0.4 is 5.32 Å². The monoisotopic (exact) mass is 272 g/mol. The van der Waals surface area contributed by atoms with Crippen molar-refractivity contribution >= 4 is 0 Å². The van der Waals surface area contributed by atoms with Gasteiger partial charge in [-0.05, 0) is 31.5 Å². The number of rotatable bonds is 2. The van der Waals surface area contributed by atoms with Gasteiger partial charge in [-0.25, -0.2) is 0 Å². The summed E-state index contributed by atoms with van der Waals surface area (Å²) in [5.41, 5.74) is 0.361. The van der Waals surface area contributed by atoms with Crippen LogP contribution in [-0.2, 0) is 12.7 Å². The first-order chi connectivity index (χ1) is 8.79. The van der Waals surface area contributed by atoms with Gasteiger partial charge in [0.25, 0.3) is 0 Å². The van der Waals surface area contributed by atoms with Crippen molar-refractivity contribution in [2.45, 2.75) is 32.1 Å². The fourth-order valence-electron chi connectivity index (χ4n) is 2.34. The quantitative estimate of drug-likeness (QED) is 0.890. The molecule has 0 unspecified atom stereocenters. The summed E-state index contributed by atoms with van der Waals surface area (Å²) in [7, 11) is 0. The van der Waals surface area contributed by atoms with E-state index in [0.29, 0.717) is 6.54 Å². The third-order valence-electron chi connectivity index (χ3n) is 3.63. The summed E-state index contributed by atoms with van der Waals surface area (Å²) in [4.78, 5) is 2.30. The van der Waals surface area contributed by atoms with Crippen molar-refractivity contribution in [3.8, 4) is 0 Å². The number of nitrogens with zero attached hydrogens (tertiary/aromatic N) is 1. The fraction of sp³-hybridized carbons (Fsp3) is 0.571. The van der Waals surface area contributed by atoms with Crippen LogP contribution in [0.3, 0.4) is 0 Å². The molecule has 2 rings (SSSR count). The van der Waals surface area contributed by atoms with Gasteiger partial charge >= 0.3 is 6.18 Å². The van der Waals surface area contributed by atoms with Gasteiger partial charge in [0.05, 0.1) is 5.56 Å². The van der Waals surface area contributed by atoms with Gasteiger partial charge in [0, 0.05) is 31.7 Å². The number of nitrogens with one attached hydrogen (secondary N) is 1. The highest BCUT2D eigenvalue weighted by atomic mass is 19.4. The summed E-state index contributed by atoms with van der Waals surface area (Å²) in [5, 5.41) is 3.33. The largest absolute Gasteiger partial charge is 0.416 e. The maximum absolute atomic E-state index is 12.5. The lowest BCUT2D eigenvalue weighted by molar-refractivity contribution is -0.137. The average molecular weight is 272 g/mol. The molecule has 0 amide bonds. The molecule has 1 aromatic carbocycles. The molecule has 1 fully saturated rings. The normalized spacial score (nSPS) is 20.5. The lowest BCUT2D eigenvalue weighted by Crippen LogP contribution is -2.57. The zero-order valence-electron chi connectivity index (χ0n) is 11.2. The minimum Gasteiger partial charge on any atom is -0.314 e. The Balaban J connectivity index is 2.07. The molecule has 0 bridgehead atoms. The van der Waals surface area contributed by atoms with Crippen molar-refractivity contribution < 1.29 is 13.2 Å². The molecule has 1 heterocycles. The summed E-state index contributed by atoms with van der Waals surface area (Å²) in [6.45, 7) is 7.70. The molecule has 0 aliphatic carbocycles. The van der Waals surface area contributed by atoms with E-state index in [1.54, 1.807) is 12.1 Å². The van der Waals surface area contributed by atoms with Gasteiger partial charge in [-0.3, -0.25) is 4.90 Å². The summed E-state index contributed by atoms with van der Waals surface area (Å²) >= 11 is 0. The third kappa shape index (κ3) is 3.48. The molecule has 0 radical (unpaired) electrons. The second-order valence-corrected chi connectivity index (χ2v) is 5.61. The highest BCUT2D eigenvalue weighted by Crippen LogP contribution is 2.29. The standard InChI is InChI=1S/C14H19F3N2/c1-13(2)10-18-7-8-19(13)9-11-3-5-12(6-4-11)14(15,16)17/h3-6,18H,7-10H2,1-2H3. The molecule has 1 aromatic rings. The maximum atomic E-state index is 12.5. The number of benzene rings is 1. The molecule has 0 aromatic heterocycles. The molecule has 106 valence electrons. The Kier molecular flexibility index (Phi) is 3.87. The molecular weight excluding hydrogens is 253 g/mol. The number of alkyl halides is 3. The van der Waals surface area contributed by atoms with Gasteiger partial charge in [-0.15, -0.1) is 0 Å². The van der Waals surface area contributed by atoms with Crippen LogP contribution in [-0.4, -0.2) is 30.1 Å². The molecule has 2 nitrogen and oxygen atoms in total. The Morgan fingerprint density at radius 1 is 1.21 bits per heavy atom. The second-order valence-electron chi connectivity index (χ2n) is 5.61. The van der Waals surface area contributed by atoms with Crippen LogP contribution >= 0.6 is 0 Å². The number of hydrogen-bond donors (Lipinski definition) is 1. The van der Waals surface area contributed by atoms with E-state index in [0.717, 1.165) is 37.3 Å². The van der Waals surface area contributed by atoms with E-state index < -0.39 is 11.7 Å². The predicted octanol–water partition coefficient (Wildman–Crippen LogP) is 2.89. The zero-order valence-corrected chi connectivity index (χ0v) is 11.2. The van der Waals surface area contributed by atoms with Crippen molar-refractivity contribution in [1.82, 2.24) is 10.2 Å². The van der Waals surface area contributed by atoms with Crippen LogP contribution in [0, 0.1) is 0 Å². The summed E-state index contributed by atoms with van der Waals surface area (Å²) < 4.78 is 37.4. The van der Waals surface area contributed by atoms with E-state index in [4.69, 9.17) is 0 Å². The van der Waals surface area contributed by atoms with Crippen molar-refractivity contribution in [2.24, 2.45) is 0 Å². The average Bonchev–Trinajstić information content (AvgIpc) is 2.31. The van der Waals surface area contributed by atoms with Crippen LogP contribution in [0.4, 0.5) is 13.2 Å². The Hall–Kier alpha value is -1.07. The summed E-state index contributed by atoms with van der Waals surface area (Å²) in [5.74, 6) is 0. The van der Waals surface area contributed by atoms with E-state index in [-0.39, 0.29) is 5.54 Å². The molecule has 19 heavy (non-hydrogen) atoms. The number of hydrogen-bond acceptors (Lipinski definition) is 2. The van der Waals surface area contributed by atoms with Crippen LogP contribution in [0.5, 0.6) is 0 Å². The second kappa shape index (κ2) is 5.13. The molecule has 0 spiro atoms. The Morgan fingerprint density at radius 2 is 1.84 bits per heavy atom.